The summed E-state index contributed by atoms with van der Waals surface area (Å²) in [5, 5.41) is 0. The van der Waals surface area contributed by atoms with Crippen molar-refractivity contribution in [1.82, 2.24) is 0 Å². The van der Waals surface area contributed by atoms with Gasteiger partial charge in [0.1, 0.15) is 6.17 Å². The number of hydrogen-bond acceptors (Lipinski definition) is 0. The lowest BCUT2D eigenvalue weighted by molar-refractivity contribution is 0.524. The lowest BCUT2D eigenvalue weighted by Crippen LogP contribution is -1.58. The van der Waals surface area contributed by atoms with Gasteiger partial charge in [-0.25, -0.2) is 4.39 Å². The molecule has 0 aromatic carbocycles. The Morgan fingerprint density at radius 2 is 1.50 bits per heavy atom. The second kappa shape index (κ2) is 1.27. The van der Waals surface area contributed by atoms with Crippen molar-refractivity contribution in [2.24, 2.45) is 0 Å². The Bertz CT molecular complexity index is 8.00. The van der Waals surface area contributed by atoms with Crippen molar-refractivity contribution in [3.63, 3.8) is 0 Å². The van der Waals surface area contributed by atoms with Crippen molar-refractivity contribution < 1.29 is 4.39 Å². The zero-order valence-corrected chi connectivity index (χ0v) is 2.88. The van der Waals surface area contributed by atoms with E-state index in [0.717, 1.165) is 0 Å². The molecule has 1 radical (unpaired) electrons. The second-order valence-corrected chi connectivity index (χ2v) is 0.878. The van der Waals surface area contributed by atoms with Gasteiger partial charge >= 0.3 is 0 Å². The summed E-state index contributed by atoms with van der Waals surface area (Å²) in [6.45, 7) is 2.83. The number of rotatable bonds is 0. The molecule has 0 saturated carbocycles. The topological polar surface area (TPSA) is 0 Å². The molecule has 0 nitrogen and oxygen atoms in total. The summed E-state index contributed by atoms with van der Waals surface area (Å²) < 4.78 is 10.9. The van der Waals surface area contributed by atoms with Crippen LogP contribution in [0.1, 0.15) is 13.8 Å². The summed E-state index contributed by atoms with van der Waals surface area (Å²) in [7, 11) is 0. The molecule has 0 aromatic rings. The van der Waals surface area contributed by atoms with Crippen molar-refractivity contribution in [3.05, 3.63) is 6.17 Å². The Labute approximate surface area is 25.6 Å². The SMILES string of the molecule is C[C](C)F. The lowest BCUT2D eigenvalue weighted by atomic mass is 10.5. The van der Waals surface area contributed by atoms with Gasteiger partial charge in [0.2, 0.25) is 0 Å². The summed E-state index contributed by atoms with van der Waals surface area (Å²) in [4.78, 5) is 0. The molecule has 4 heavy (non-hydrogen) atoms. The molecule has 0 fully saturated rings. The molecule has 0 spiro atoms. The Balaban J connectivity index is 2.32. The van der Waals surface area contributed by atoms with E-state index in [2.05, 4.69) is 0 Å². The van der Waals surface area contributed by atoms with E-state index in [1.807, 2.05) is 0 Å². The van der Waals surface area contributed by atoms with Gasteiger partial charge in [0.25, 0.3) is 0 Å². The van der Waals surface area contributed by atoms with E-state index in [4.69, 9.17) is 0 Å². The molecular formula is C3H6F. The monoisotopic (exact) mass is 61.0 g/mol. The number of hydrogen-bond donors (Lipinski definition) is 0. The van der Waals surface area contributed by atoms with Crippen LogP contribution in [0.4, 0.5) is 4.39 Å². The van der Waals surface area contributed by atoms with Crippen molar-refractivity contribution in [3.8, 4) is 0 Å². The normalized spacial score (nSPS) is 9.00. The van der Waals surface area contributed by atoms with Crippen molar-refractivity contribution in [1.29, 1.82) is 0 Å². The Morgan fingerprint density at radius 3 is 1.50 bits per heavy atom. The van der Waals surface area contributed by atoms with E-state index in [1.54, 1.807) is 0 Å². The molecule has 0 unspecified atom stereocenters. The quantitative estimate of drug-likeness (QED) is 0.398. The third kappa shape index (κ3) is 341. The predicted octanol–water partition coefficient (Wildman–Crippen LogP) is 1.53. The minimum absolute atomic E-state index is 0.0833. The molecule has 0 rings (SSSR count). The zero-order valence-electron chi connectivity index (χ0n) is 2.88. The highest BCUT2D eigenvalue weighted by Gasteiger charge is 1.76. The smallest absolute Gasteiger partial charge is 0.138 e. The highest BCUT2D eigenvalue weighted by molar-refractivity contribution is 4.53. The van der Waals surface area contributed by atoms with Crippen LogP contribution < -0.4 is 0 Å². The molecule has 1 heteroatoms. The highest BCUT2D eigenvalue weighted by atomic mass is 19.1. The van der Waals surface area contributed by atoms with E-state index >= 15 is 0 Å². The van der Waals surface area contributed by atoms with Crippen LogP contribution >= 0.6 is 0 Å². The first-order chi connectivity index (χ1) is 1.73. The van der Waals surface area contributed by atoms with Crippen molar-refractivity contribution in [2.45, 2.75) is 13.8 Å². The summed E-state index contributed by atoms with van der Waals surface area (Å²) in [6.07, 6.45) is -0.0833. The van der Waals surface area contributed by atoms with Gasteiger partial charge in [-0.15, -0.1) is 0 Å². The first kappa shape index (κ1) is 3.93. The van der Waals surface area contributed by atoms with E-state index in [1.165, 1.54) is 13.8 Å². The molecule has 0 aliphatic rings. The minimum atomic E-state index is -0.0833. The van der Waals surface area contributed by atoms with E-state index in [-0.39, 0.29) is 6.17 Å². The third-order valence-electron chi connectivity index (χ3n) is 0. The Hall–Kier alpha value is -0.0700. The van der Waals surface area contributed by atoms with Crippen LogP contribution in [0.2, 0.25) is 0 Å². The first-order valence-corrected chi connectivity index (χ1v) is 1.19. The molecule has 0 N–H and O–H groups in total. The first-order valence-electron chi connectivity index (χ1n) is 1.19. The minimum Gasteiger partial charge on any atom is -0.241 e. The standard InChI is InChI=1S/C3H6F/c1-3(2)4/h1-2H3. The molecule has 0 bridgehead atoms. The lowest BCUT2D eigenvalue weighted by Gasteiger charge is -1.72. The summed E-state index contributed by atoms with van der Waals surface area (Å²) in [5.74, 6) is 0. The van der Waals surface area contributed by atoms with Crippen LogP contribution in [-0.2, 0) is 0 Å². The predicted molar refractivity (Wildman–Crippen MR) is 15.7 cm³/mol. The van der Waals surface area contributed by atoms with Crippen LogP contribution in [0.5, 0.6) is 0 Å². The van der Waals surface area contributed by atoms with E-state index in [0.29, 0.717) is 0 Å². The van der Waals surface area contributed by atoms with E-state index in [9.17, 15) is 4.39 Å². The summed E-state index contributed by atoms with van der Waals surface area (Å²) in [6, 6.07) is 0. The molecular weight excluding hydrogens is 55.0 g/mol. The largest absolute Gasteiger partial charge is 0.241 e. The van der Waals surface area contributed by atoms with Crippen LogP contribution in [0.25, 0.3) is 0 Å². The Morgan fingerprint density at radius 1 is 1.50 bits per heavy atom. The van der Waals surface area contributed by atoms with Gasteiger partial charge in [-0.1, -0.05) is 0 Å². The van der Waals surface area contributed by atoms with Gasteiger partial charge in [0, 0.05) is 0 Å². The van der Waals surface area contributed by atoms with Crippen LogP contribution in [0, 0.1) is 6.17 Å². The van der Waals surface area contributed by atoms with E-state index < -0.39 is 0 Å². The van der Waals surface area contributed by atoms with Crippen molar-refractivity contribution in [2.75, 3.05) is 0 Å². The third-order valence-corrected chi connectivity index (χ3v) is 0. The fourth-order valence-corrected chi connectivity index (χ4v) is 0. The molecule has 0 heterocycles. The summed E-state index contributed by atoms with van der Waals surface area (Å²) in [5.41, 5.74) is 0. The molecule has 25 valence electrons. The molecule has 0 atom stereocenters. The van der Waals surface area contributed by atoms with Gasteiger partial charge in [-0.2, -0.15) is 0 Å². The molecule has 0 amide bonds. The molecule has 0 aliphatic carbocycles. The average Bonchev–Trinajstić information content (AvgIpc) is 0.811. The van der Waals surface area contributed by atoms with Crippen LogP contribution in [-0.4, -0.2) is 0 Å². The maximum Gasteiger partial charge on any atom is 0.138 e. The van der Waals surface area contributed by atoms with Gasteiger partial charge in [-0.3, -0.25) is 0 Å². The molecule has 0 aliphatic heterocycles. The fourth-order valence-electron chi connectivity index (χ4n) is 0. The maximum absolute atomic E-state index is 10.9. The second-order valence-electron chi connectivity index (χ2n) is 0.878. The highest BCUT2D eigenvalue weighted by Crippen LogP contribution is 1.90. The van der Waals surface area contributed by atoms with Crippen LogP contribution in [0.15, 0.2) is 0 Å². The van der Waals surface area contributed by atoms with Gasteiger partial charge in [0.05, 0.1) is 0 Å². The molecule has 0 saturated heterocycles. The molecule has 0 aromatic heterocycles. The number of halogens is 1. The maximum atomic E-state index is 10.9. The zero-order chi connectivity index (χ0) is 3.58. The van der Waals surface area contributed by atoms with Crippen LogP contribution in [0.3, 0.4) is 0 Å². The average molecular weight is 61.1 g/mol. The van der Waals surface area contributed by atoms with Gasteiger partial charge in [0.15, 0.2) is 0 Å². The fraction of sp³-hybridized carbons (Fsp3) is 0.667. The van der Waals surface area contributed by atoms with Gasteiger partial charge < -0.3 is 0 Å². The van der Waals surface area contributed by atoms with Crippen molar-refractivity contribution >= 4 is 0 Å². The van der Waals surface area contributed by atoms with Gasteiger partial charge in [-0.05, 0) is 13.8 Å². The Kier molecular flexibility index (Phi) is 1.25. The summed E-state index contributed by atoms with van der Waals surface area (Å²) >= 11 is 0.